The Morgan fingerprint density at radius 3 is 2.50 bits per heavy atom. The second-order valence-corrected chi connectivity index (χ2v) is 5.81. The topological polar surface area (TPSA) is 25.8 Å². The molecule has 2 nitrogen and oxygen atoms in total. The van der Waals surface area contributed by atoms with Gasteiger partial charge in [-0.1, -0.05) is 30.7 Å². The molecule has 0 amide bonds. The molecule has 0 radical (unpaired) electrons. The largest absolute Gasteiger partial charge is 0.496 e. The van der Waals surface area contributed by atoms with Crippen LogP contribution in [0.5, 0.6) is 5.75 Å². The third kappa shape index (κ3) is 2.80. The van der Waals surface area contributed by atoms with E-state index < -0.39 is 0 Å². The molecule has 2 N–H and O–H groups in total. The summed E-state index contributed by atoms with van der Waals surface area (Å²) in [4.78, 5) is 0. The molecule has 3 rings (SSSR count). The summed E-state index contributed by atoms with van der Waals surface area (Å²) in [6.07, 6.45) is 7.01. The second kappa shape index (κ2) is 6.27. The molecule has 0 aliphatic heterocycles. The number of fused-ring (bicyclic) bond motifs is 1. The summed E-state index contributed by atoms with van der Waals surface area (Å²) in [5.74, 6) is 0.974. The molecular weight excluding hydrogens is 246 g/mol. The molecule has 20 heavy (non-hydrogen) atoms. The fourth-order valence-electron chi connectivity index (χ4n) is 3.35. The van der Waals surface area contributed by atoms with Crippen LogP contribution in [-0.4, -0.2) is 13.2 Å². The number of hydrogen-bond donors (Lipinski definition) is 1. The summed E-state index contributed by atoms with van der Waals surface area (Å²) in [7, 11) is 1.75. The van der Waals surface area contributed by atoms with E-state index in [1.54, 1.807) is 7.11 Å². The fraction of sp³-hybridized carbons (Fsp3) is 0.444. The number of nitrogens with two attached hydrogens (primary N) is 1. The predicted molar refractivity (Wildman–Crippen MR) is 83.0 cm³/mol. The van der Waals surface area contributed by atoms with Crippen molar-refractivity contribution >= 4 is 10.8 Å². The van der Waals surface area contributed by atoms with Crippen molar-refractivity contribution in [2.75, 3.05) is 7.11 Å². The number of methoxy groups -OCH3 is 1. The molecule has 1 aliphatic carbocycles. The molecule has 0 unspecified atom stereocenters. The van der Waals surface area contributed by atoms with Crippen molar-refractivity contribution in [1.29, 1.82) is 0 Å². The molecule has 0 atom stereocenters. The SMILES string of the molecule is COc1ccc(C[NH2+]C2CCCCC2)c2ccccc12. The van der Waals surface area contributed by atoms with Gasteiger partial charge < -0.3 is 10.1 Å². The van der Waals surface area contributed by atoms with Crippen LogP contribution in [0, 0.1) is 0 Å². The van der Waals surface area contributed by atoms with Gasteiger partial charge in [0, 0.05) is 10.9 Å². The zero-order valence-corrected chi connectivity index (χ0v) is 12.3. The zero-order chi connectivity index (χ0) is 13.8. The highest BCUT2D eigenvalue weighted by Gasteiger charge is 2.16. The summed E-state index contributed by atoms with van der Waals surface area (Å²) in [5.41, 5.74) is 1.42. The lowest BCUT2D eigenvalue weighted by molar-refractivity contribution is -0.706. The van der Waals surface area contributed by atoms with E-state index in [0.29, 0.717) is 0 Å². The molecule has 1 fully saturated rings. The van der Waals surface area contributed by atoms with Crippen LogP contribution in [-0.2, 0) is 6.54 Å². The first kappa shape index (κ1) is 13.4. The molecule has 0 bridgehead atoms. The van der Waals surface area contributed by atoms with Gasteiger partial charge in [-0.15, -0.1) is 0 Å². The van der Waals surface area contributed by atoms with Gasteiger partial charge in [0.25, 0.3) is 0 Å². The maximum Gasteiger partial charge on any atom is 0.126 e. The summed E-state index contributed by atoms with van der Waals surface area (Å²) in [6.45, 7) is 1.08. The Labute approximate surface area is 121 Å². The quantitative estimate of drug-likeness (QED) is 0.906. The first-order chi connectivity index (χ1) is 9.88. The van der Waals surface area contributed by atoms with E-state index in [4.69, 9.17) is 4.74 Å². The van der Waals surface area contributed by atoms with Crippen LogP contribution in [0.4, 0.5) is 0 Å². The number of benzene rings is 2. The molecule has 0 heterocycles. The van der Waals surface area contributed by atoms with E-state index in [0.717, 1.165) is 18.3 Å². The number of ether oxygens (including phenoxy) is 1. The van der Waals surface area contributed by atoms with Gasteiger partial charge >= 0.3 is 0 Å². The van der Waals surface area contributed by atoms with Crippen molar-refractivity contribution in [3.63, 3.8) is 0 Å². The maximum absolute atomic E-state index is 5.47. The Morgan fingerprint density at radius 2 is 1.75 bits per heavy atom. The molecule has 106 valence electrons. The molecule has 0 aromatic heterocycles. The number of quaternary nitrogens is 1. The molecule has 1 aliphatic rings. The molecule has 2 aromatic rings. The van der Waals surface area contributed by atoms with Gasteiger partial charge in [0.15, 0.2) is 0 Å². The molecule has 1 saturated carbocycles. The van der Waals surface area contributed by atoms with Crippen LogP contribution in [0.25, 0.3) is 10.8 Å². The lowest BCUT2D eigenvalue weighted by Crippen LogP contribution is -2.88. The minimum absolute atomic E-state index is 0.824. The van der Waals surface area contributed by atoms with Crippen molar-refractivity contribution in [3.8, 4) is 5.75 Å². The van der Waals surface area contributed by atoms with Crippen LogP contribution in [0.3, 0.4) is 0 Å². The predicted octanol–water partition coefficient (Wildman–Crippen LogP) is 3.24. The second-order valence-electron chi connectivity index (χ2n) is 5.81. The number of hydrogen-bond acceptors (Lipinski definition) is 1. The maximum atomic E-state index is 5.47. The normalized spacial score (nSPS) is 16.4. The van der Waals surface area contributed by atoms with Crippen LogP contribution >= 0.6 is 0 Å². The smallest absolute Gasteiger partial charge is 0.126 e. The van der Waals surface area contributed by atoms with Crippen LogP contribution < -0.4 is 10.1 Å². The monoisotopic (exact) mass is 270 g/mol. The van der Waals surface area contributed by atoms with Crippen LogP contribution in [0.2, 0.25) is 0 Å². The van der Waals surface area contributed by atoms with Gasteiger partial charge in [0.2, 0.25) is 0 Å². The van der Waals surface area contributed by atoms with Crippen molar-refractivity contribution in [2.45, 2.75) is 44.7 Å². The van der Waals surface area contributed by atoms with Crippen molar-refractivity contribution in [3.05, 3.63) is 42.0 Å². The Kier molecular flexibility index (Phi) is 4.22. The van der Waals surface area contributed by atoms with Crippen molar-refractivity contribution < 1.29 is 10.1 Å². The molecular formula is C18H24NO+. The van der Waals surface area contributed by atoms with E-state index in [2.05, 4.69) is 41.7 Å². The summed E-state index contributed by atoms with van der Waals surface area (Å²) in [6, 6.07) is 13.7. The molecule has 2 heteroatoms. The molecule has 2 aromatic carbocycles. The van der Waals surface area contributed by atoms with E-state index >= 15 is 0 Å². The van der Waals surface area contributed by atoms with E-state index in [1.807, 2.05) is 0 Å². The standard InChI is InChI=1S/C18H23NO/c1-20-18-12-11-14(16-9-5-6-10-17(16)18)13-19-15-7-3-2-4-8-15/h5-6,9-12,15,19H,2-4,7-8,13H2,1H3/p+1. The Morgan fingerprint density at radius 1 is 1.00 bits per heavy atom. The van der Waals surface area contributed by atoms with Gasteiger partial charge in [-0.25, -0.2) is 0 Å². The number of rotatable bonds is 4. The van der Waals surface area contributed by atoms with Gasteiger partial charge in [-0.3, -0.25) is 0 Å². The third-order valence-electron chi connectivity index (χ3n) is 4.52. The van der Waals surface area contributed by atoms with Gasteiger partial charge in [0.1, 0.15) is 12.3 Å². The fourth-order valence-corrected chi connectivity index (χ4v) is 3.35. The Bertz CT molecular complexity index is 573. The summed E-state index contributed by atoms with van der Waals surface area (Å²) in [5, 5.41) is 5.09. The van der Waals surface area contributed by atoms with Crippen molar-refractivity contribution in [1.82, 2.24) is 0 Å². The highest BCUT2D eigenvalue weighted by molar-refractivity contribution is 5.90. The highest BCUT2D eigenvalue weighted by Crippen LogP contribution is 2.28. The summed E-state index contributed by atoms with van der Waals surface area (Å²) < 4.78 is 5.47. The Balaban J connectivity index is 1.80. The van der Waals surface area contributed by atoms with Gasteiger partial charge in [-0.05, 0) is 43.2 Å². The van der Waals surface area contributed by atoms with E-state index in [-0.39, 0.29) is 0 Å². The third-order valence-corrected chi connectivity index (χ3v) is 4.52. The van der Waals surface area contributed by atoms with Crippen LogP contribution in [0.15, 0.2) is 36.4 Å². The van der Waals surface area contributed by atoms with Crippen LogP contribution in [0.1, 0.15) is 37.7 Å². The van der Waals surface area contributed by atoms with Gasteiger partial charge in [0.05, 0.1) is 13.2 Å². The highest BCUT2D eigenvalue weighted by atomic mass is 16.5. The Hall–Kier alpha value is -1.54. The molecule has 0 spiro atoms. The van der Waals surface area contributed by atoms with E-state index in [1.165, 1.54) is 48.4 Å². The summed E-state index contributed by atoms with van der Waals surface area (Å²) >= 11 is 0. The zero-order valence-electron chi connectivity index (χ0n) is 12.3. The first-order valence-corrected chi connectivity index (χ1v) is 7.76. The minimum atomic E-state index is 0.824. The lowest BCUT2D eigenvalue weighted by atomic mass is 9.95. The average molecular weight is 270 g/mol. The minimum Gasteiger partial charge on any atom is -0.496 e. The molecule has 0 saturated heterocycles. The average Bonchev–Trinajstić information content (AvgIpc) is 2.53. The van der Waals surface area contributed by atoms with Gasteiger partial charge in [-0.2, -0.15) is 0 Å². The lowest BCUT2D eigenvalue weighted by Gasteiger charge is -2.20. The first-order valence-electron chi connectivity index (χ1n) is 7.76. The van der Waals surface area contributed by atoms with E-state index in [9.17, 15) is 0 Å². The van der Waals surface area contributed by atoms with Crippen molar-refractivity contribution in [2.24, 2.45) is 0 Å².